The minimum atomic E-state index is -0.577. The van der Waals surface area contributed by atoms with Gasteiger partial charge in [-0.3, -0.25) is 4.79 Å². The number of hydrogen-bond acceptors (Lipinski definition) is 6. The molecule has 0 unspecified atom stereocenters. The molecule has 0 fully saturated rings. The average Bonchev–Trinajstić information content (AvgIpc) is 3.22. The highest BCUT2D eigenvalue weighted by Crippen LogP contribution is 2.35. The van der Waals surface area contributed by atoms with Gasteiger partial charge in [-0.15, -0.1) is 5.11 Å². The van der Waals surface area contributed by atoms with Gasteiger partial charge in [0.1, 0.15) is 0 Å². The maximum atomic E-state index is 12.9. The van der Waals surface area contributed by atoms with E-state index >= 15 is 0 Å². The van der Waals surface area contributed by atoms with Crippen molar-refractivity contribution in [3.8, 4) is 11.5 Å². The smallest absolute Gasteiger partial charge is 0.280 e. The number of amides is 1. The van der Waals surface area contributed by atoms with Gasteiger partial charge in [0, 0.05) is 17.3 Å². The number of carbonyl (C=O) groups is 1. The molecule has 0 aromatic heterocycles. The summed E-state index contributed by atoms with van der Waals surface area (Å²) in [7, 11) is 0. The number of aryl methyl sites for hydroxylation is 1. The van der Waals surface area contributed by atoms with Crippen LogP contribution in [-0.4, -0.2) is 17.8 Å². The van der Waals surface area contributed by atoms with E-state index in [4.69, 9.17) is 9.47 Å². The van der Waals surface area contributed by atoms with Crippen LogP contribution in [0, 0.1) is 6.92 Å². The summed E-state index contributed by atoms with van der Waals surface area (Å²) >= 11 is 0. The number of carbonyl (C=O) groups excluding carboxylic acids is 1. The molecule has 1 aliphatic rings. The number of benzene rings is 3. The van der Waals surface area contributed by atoms with Gasteiger partial charge in [0.15, 0.2) is 23.0 Å². The van der Waals surface area contributed by atoms with Crippen molar-refractivity contribution in [2.24, 2.45) is 10.2 Å². The van der Waals surface area contributed by atoms with E-state index in [0.717, 1.165) is 5.56 Å². The van der Waals surface area contributed by atoms with Gasteiger partial charge in [0.25, 0.3) is 5.91 Å². The maximum Gasteiger partial charge on any atom is 0.280 e. The highest BCUT2D eigenvalue weighted by atomic mass is 16.7. The van der Waals surface area contributed by atoms with Gasteiger partial charge >= 0.3 is 0 Å². The first-order chi connectivity index (χ1) is 14.6. The van der Waals surface area contributed by atoms with E-state index in [2.05, 4.69) is 15.5 Å². The third-order valence-electron chi connectivity index (χ3n) is 4.38. The molecule has 0 spiro atoms. The molecule has 0 aliphatic carbocycles. The Morgan fingerprint density at radius 1 is 0.967 bits per heavy atom. The number of nitrogens with one attached hydrogen (secondary N) is 1. The van der Waals surface area contributed by atoms with Crippen molar-refractivity contribution < 1.29 is 19.4 Å². The molecule has 0 saturated carbocycles. The zero-order chi connectivity index (χ0) is 20.9. The zero-order valence-corrected chi connectivity index (χ0v) is 16.2. The van der Waals surface area contributed by atoms with Gasteiger partial charge < -0.3 is 19.9 Å². The molecule has 3 aromatic carbocycles. The molecule has 0 radical (unpaired) electrons. The zero-order valence-electron chi connectivity index (χ0n) is 16.2. The summed E-state index contributed by atoms with van der Waals surface area (Å²) in [5.41, 5.74) is 2.29. The van der Waals surface area contributed by atoms with Crippen LogP contribution in [0.2, 0.25) is 0 Å². The van der Waals surface area contributed by atoms with Crippen LogP contribution in [-0.2, 0) is 4.79 Å². The largest absolute Gasteiger partial charge is 0.505 e. The molecule has 1 aliphatic heterocycles. The topological polar surface area (TPSA) is 92.5 Å². The van der Waals surface area contributed by atoms with Crippen LogP contribution < -0.4 is 14.8 Å². The predicted molar refractivity (Wildman–Crippen MR) is 113 cm³/mol. The van der Waals surface area contributed by atoms with Crippen LogP contribution >= 0.6 is 0 Å². The Bertz CT molecular complexity index is 1140. The van der Waals surface area contributed by atoms with Gasteiger partial charge in [-0.1, -0.05) is 42.5 Å². The summed E-state index contributed by atoms with van der Waals surface area (Å²) in [6.07, 6.45) is 0. The van der Waals surface area contributed by atoms with Crippen molar-refractivity contribution in [3.63, 3.8) is 0 Å². The standard InChI is InChI=1S/C23H19N3O4/c1-15-6-5-9-17(12-15)24-23(28)21(22(27)16-7-3-2-4-8-16)26-25-18-10-11-19-20(13-18)30-14-29-19/h2-13,27H,14H2,1H3,(H,24,28). The number of rotatable bonds is 5. The van der Waals surface area contributed by atoms with Crippen LogP contribution in [0.4, 0.5) is 11.4 Å². The maximum absolute atomic E-state index is 12.9. The highest BCUT2D eigenvalue weighted by Gasteiger charge is 2.18. The molecular weight excluding hydrogens is 382 g/mol. The number of nitrogens with zero attached hydrogens (tertiary/aromatic N) is 2. The lowest BCUT2D eigenvalue weighted by Gasteiger charge is -2.08. The SMILES string of the molecule is Cc1cccc(NC(=O)C(N=Nc2ccc3c(c2)OCO3)=C(O)c2ccccc2)c1. The molecule has 1 heterocycles. The fourth-order valence-electron chi connectivity index (χ4n) is 2.90. The molecule has 0 saturated heterocycles. The Morgan fingerprint density at radius 3 is 2.57 bits per heavy atom. The summed E-state index contributed by atoms with van der Waals surface area (Å²) in [6.45, 7) is 2.07. The first-order valence-corrected chi connectivity index (χ1v) is 9.28. The summed E-state index contributed by atoms with van der Waals surface area (Å²) in [5, 5.41) is 21.7. The van der Waals surface area contributed by atoms with E-state index < -0.39 is 5.91 Å². The Kier molecular flexibility index (Phi) is 5.43. The van der Waals surface area contributed by atoms with E-state index in [9.17, 15) is 9.90 Å². The molecule has 3 aromatic rings. The van der Waals surface area contributed by atoms with Crippen LogP contribution in [0.5, 0.6) is 11.5 Å². The van der Waals surface area contributed by atoms with Crippen molar-refractivity contribution in [1.82, 2.24) is 0 Å². The number of fused-ring (bicyclic) bond motifs is 1. The molecule has 30 heavy (non-hydrogen) atoms. The van der Waals surface area contributed by atoms with E-state index in [1.54, 1.807) is 48.5 Å². The summed E-state index contributed by atoms with van der Waals surface area (Å²) in [6, 6.07) is 21.1. The third kappa shape index (κ3) is 4.30. The van der Waals surface area contributed by atoms with Gasteiger partial charge in [0.05, 0.1) is 5.69 Å². The fraction of sp³-hybridized carbons (Fsp3) is 0.0870. The second kappa shape index (κ2) is 8.48. The molecule has 4 rings (SSSR count). The van der Waals surface area contributed by atoms with Crippen molar-refractivity contribution in [3.05, 3.63) is 89.6 Å². The lowest BCUT2D eigenvalue weighted by molar-refractivity contribution is -0.112. The second-order valence-corrected chi connectivity index (χ2v) is 6.62. The average molecular weight is 401 g/mol. The van der Waals surface area contributed by atoms with Crippen molar-refractivity contribution in [2.75, 3.05) is 12.1 Å². The predicted octanol–water partition coefficient (Wildman–Crippen LogP) is 5.37. The molecule has 7 nitrogen and oxygen atoms in total. The van der Waals surface area contributed by atoms with Gasteiger partial charge in [-0.2, -0.15) is 5.11 Å². The molecule has 150 valence electrons. The minimum absolute atomic E-state index is 0.148. The van der Waals surface area contributed by atoms with E-state index in [0.29, 0.717) is 28.4 Å². The lowest BCUT2D eigenvalue weighted by Crippen LogP contribution is -2.15. The summed E-state index contributed by atoms with van der Waals surface area (Å²) in [4.78, 5) is 12.9. The Labute approximate surface area is 173 Å². The number of ether oxygens (including phenoxy) is 2. The first-order valence-electron chi connectivity index (χ1n) is 9.28. The fourth-order valence-corrected chi connectivity index (χ4v) is 2.90. The van der Waals surface area contributed by atoms with Crippen molar-refractivity contribution in [1.29, 1.82) is 0 Å². The Balaban J connectivity index is 1.67. The van der Waals surface area contributed by atoms with Gasteiger partial charge in [0.2, 0.25) is 6.79 Å². The van der Waals surface area contributed by atoms with Crippen LogP contribution in [0.1, 0.15) is 11.1 Å². The monoisotopic (exact) mass is 401 g/mol. The van der Waals surface area contributed by atoms with Crippen molar-refractivity contribution in [2.45, 2.75) is 6.92 Å². The molecule has 0 bridgehead atoms. The molecule has 2 N–H and O–H groups in total. The second-order valence-electron chi connectivity index (χ2n) is 6.62. The van der Waals surface area contributed by atoms with E-state index in [-0.39, 0.29) is 18.2 Å². The normalized spacial score (nSPS) is 13.2. The van der Waals surface area contributed by atoms with Crippen molar-refractivity contribution >= 4 is 23.0 Å². The van der Waals surface area contributed by atoms with E-state index in [1.165, 1.54) is 0 Å². The Hall–Kier alpha value is -4.13. The number of aliphatic hydroxyl groups excluding tert-OH is 1. The number of anilines is 1. The number of azo groups is 1. The lowest BCUT2D eigenvalue weighted by atomic mass is 10.1. The number of hydrogen-bond donors (Lipinski definition) is 2. The van der Waals surface area contributed by atoms with Gasteiger partial charge in [-0.25, -0.2) is 0 Å². The molecule has 0 atom stereocenters. The number of aliphatic hydroxyl groups is 1. The summed E-state index contributed by atoms with van der Waals surface area (Å²) in [5.74, 6) is 0.319. The van der Waals surface area contributed by atoms with Gasteiger partial charge in [-0.05, 0) is 36.8 Å². The molecule has 1 amide bonds. The third-order valence-corrected chi connectivity index (χ3v) is 4.38. The molecule has 7 heteroatoms. The minimum Gasteiger partial charge on any atom is -0.505 e. The first kappa shape index (κ1) is 19.2. The van der Waals surface area contributed by atoms with Crippen LogP contribution in [0.15, 0.2) is 88.7 Å². The Morgan fingerprint density at radius 2 is 1.77 bits per heavy atom. The molecular formula is C23H19N3O4. The van der Waals surface area contributed by atoms with E-state index in [1.807, 2.05) is 31.2 Å². The quantitative estimate of drug-likeness (QED) is 0.341. The van der Waals surface area contributed by atoms with Crippen LogP contribution in [0.25, 0.3) is 5.76 Å². The highest BCUT2D eigenvalue weighted by molar-refractivity contribution is 6.07. The van der Waals surface area contributed by atoms with Crippen LogP contribution in [0.3, 0.4) is 0 Å². The summed E-state index contributed by atoms with van der Waals surface area (Å²) < 4.78 is 10.6.